The maximum Gasteiger partial charge on any atom is 0.260 e. The minimum Gasteiger partial charge on any atom is -0.482 e. The fraction of sp³-hybridized carbons (Fsp3) is 0.286. The van der Waals surface area contributed by atoms with Crippen LogP contribution in [-0.4, -0.2) is 48.9 Å². The Kier molecular flexibility index (Phi) is 8.95. The van der Waals surface area contributed by atoms with Gasteiger partial charge in [-0.3, -0.25) is 14.4 Å². The molecule has 30 heavy (non-hydrogen) atoms. The van der Waals surface area contributed by atoms with Gasteiger partial charge in [0.05, 0.1) is 22.2 Å². The lowest BCUT2D eigenvalue weighted by molar-refractivity contribution is -0.133. The van der Waals surface area contributed by atoms with Gasteiger partial charge in [0.2, 0.25) is 5.91 Å². The van der Waals surface area contributed by atoms with E-state index in [0.717, 1.165) is 0 Å². The molecule has 0 radical (unpaired) electrons. The molecule has 2 rings (SSSR count). The zero-order valence-electron chi connectivity index (χ0n) is 16.7. The van der Waals surface area contributed by atoms with E-state index >= 15 is 0 Å². The summed E-state index contributed by atoms with van der Waals surface area (Å²) in [5.41, 5.74) is 0.718. The largest absolute Gasteiger partial charge is 0.482 e. The minimum atomic E-state index is -0.449. The highest BCUT2D eigenvalue weighted by Gasteiger charge is 2.13. The van der Waals surface area contributed by atoms with Crippen LogP contribution in [0.5, 0.6) is 5.75 Å². The lowest BCUT2D eigenvalue weighted by atomic mass is 10.2. The molecule has 3 amide bonds. The van der Waals surface area contributed by atoms with Crippen LogP contribution in [0.1, 0.15) is 24.2 Å². The first kappa shape index (κ1) is 23.5. The third kappa shape index (κ3) is 6.64. The summed E-state index contributed by atoms with van der Waals surface area (Å²) in [6.45, 7) is 4.62. The number of carbonyl (C=O) groups is 3. The summed E-state index contributed by atoms with van der Waals surface area (Å²) in [6, 6.07) is 11.2. The zero-order chi connectivity index (χ0) is 22.1. The van der Waals surface area contributed by atoms with Gasteiger partial charge in [-0.15, -0.1) is 0 Å². The summed E-state index contributed by atoms with van der Waals surface area (Å²) in [4.78, 5) is 37.9. The van der Waals surface area contributed by atoms with Crippen molar-refractivity contribution in [3.05, 3.63) is 58.1 Å². The number of rotatable bonds is 9. The summed E-state index contributed by atoms with van der Waals surface area (Å²) < 4.78 is 5.48. The van der Waals surface area contributed by atoms with E-state index in [-0.39, 0.29) is 29.6 Å². The molecule has 0 aliphatic heterocycles. The normalized spacial score (nSPS) is 10.3. The maximum atomic E-state index is 12.1. The number of halogens is 2. The van der Waals surface area contributed by atoms with Crippen molar-refractivity contribution < 1.29 is 19.1 Å². The van der Waals surface area contributed by atoms with Crippen LogP contribution in [0.4, 0.5) is 5.69 Å². The van der Waals surface area contributed by atoms with Gasteiger partial charge in [-0.25, -0.2) is 0 Å². The molecule has 0 saturated carbocycles. The average Bonchev–Trinajstić information content (AvgIpc) is 2.72. The Labute approximate surface area is 185 Å². The van der Waals surface area contributed by atoms with Crippen LogP contribution >= 0.6 is 23.2 Å². The number of carbonyl (C=O) groups excluding carboxylic acids is 3. The quantitative estimate of drug-likeness (QED) is 0.609. The molecule has 9 heteroatoms. The highest BCUT2D eigenvalue weighted by atomic mass is 35.5. The van der Waals surface area contributed by atoms with E-state index in [2.05, 4.69) is 10.6 Å². The topological polar surface area (TPSA) is 87.7 Å². The molecule has 2 aromatic rings. The molecule has 0 heterocycles. The Morgan fingerprint density at radius 2 is 1.70 bits per heavy atom. The maximum absolute atomic E-state index is 12.1. The number of benzene rings is 2. The van der Waals surface area contributed by atoms with E-state index in [9.17, 15) is 14.4 Å². The third-order valence-corrected chi connectivity index (χ3v) is 4.84. The second kappa shape index (κ2) is 11.4. The Morgan fingerprint density at radius 1 is 1.00 bits per heavy atom. The van der Waals surface area contributed by atoms with E-state index in [4.69, 9.17) is 27.9 Å². The first-order valence-electron chi connectivity index (χ1n) is 9.38. The van der Waals surface area contributed by atoms with Crippen LogP contribution in [0.3, 0.4) is 0 Å². The van der Waals surface area contributed by atoms with Crippen molar-refractivity contribution in [2.45, 2.75) is 13.8 Å². The monoisotopic (exact) mass is 451 g/mol. The number of nitrogens with zero attached hydrogens (tertiary/aromatic N) is 1. The Bertz CT molecular complexity index is 917. The first-order chi connectivity index (χ1) is 14.3. The van der Waals surface area contributed by atoms with Crippen molar-refractivity contribution in [2.24, 2.45) is 0 Å². The molecular formula is C21H23Cl2N3O4. The van der Waals surface area contributed by atoms with E-state index in [1.54, 1.807) is 41.3 Å². The second-order valence-corrected chi connectivity index (χ2v) is 7.03. The van der Waals surface area contributed by atoms with E-state index < -0.39 is 11.8 Å². The Hall–Kier alpha value is -2.77. The molecule has 0 atom stereocenters. The molecule has 160 valence electrons. The van der Waals surface area contributed by atoms with Crippen molar-refractivity contribution >= 4 is 46.6 Å². The van der Waals surface area contributed by atoms with Crippen molar-refractivity contribution in [2.75, 3.05) is 31.6 Å². The Balaban J connectivity index is 1.87. The molecule has 2 N–H and O–H groups in total. The van der Waals surface area contributed by atoms with Crippen LogP contribution < -0.4 is 15.4 Å². The number of ether oxygens (including phenoxy) is 1. The van der Waals surface area contributed by atoms with Gasteiger partial charge in [-0.2, -0.15) is 0 Å². The van der Waals surface area contributed by atoms with Gasteiger partial charge >= 0.3 is 0 Å². The molecule has 0 aromatic heterocycles. The van der Waals surface area contributed by atoms with E-state index in [0.29, 0.717) is 29.5 Å². The molecule has 7 nitrogen and oxygen atoms in total. The Morgan fingerprint density at radius 3 is 2.33 bits per heavy atom. The molecule has 0 saturated heterocycles. The minimum absolute atomic E-state index is 0.124. The van der Waals surface area contributed by atoms with Gasteiger partial charge < -0.3 is 20.3 Å². The number of hydrogen-bond donors (Lipinski definition) is 2. The summed E-state index contributed by atoms with van der Waals surface area (Å²) in [5, 5.41) is 5.69. The van der Waals surface area contributed by atoms with Crippen molar-refractivity contribution in [3.63, 3.8) is 0 Å². The standard InChI is InChI=1S/C21H23Cl2N3O4/c1-3-26(4-2)20(28)13-30-18-10-9-14(11-17(18)23)25-19(27)12-24-21(29)15-7-5-6-8-16(15)22/h5-11H,3-4,12-13H2,1-2H3,(H,24,29)(H,25,27). The molecule has 0 aliphatic carbocycles. The zero-order valence-corrected chi connectivity index (χ0v) is 18.2. The highest BCUT2D eigenvalue weighted by Crippen LogP contribution is 2.27. The number of amides is 3. The smallest absolute Gasteiger partial charge is 0.260 e. The van der Waals surface area contributed by atoms with Crippen LogP contribution in [0, 0.1) is 0 Å². The third-order valence-electron chi connectivity index (χ3n) is 4.21. The summed E-state index contributed by atoms with van der Waals surface area (Å²) in [6.07, 6.45) is 0. The molecular weight excluding hydrogens is 429 g/mol. The highest BCUT2D eigenvalue weighted by molar-refractivity contribution is 6.34. The van der Waals surface area contributed by atoms with Crippen LogP contribution in [-0.2, 0) is 9.59 Å². The molecule has 0 spiro atoms. The SMILES string of the molecule is CCN(CC)C(=O)COc1ccc(NC(=O)CNC(=O)c2ccccc2Cl)cc1Cl. The van der Waals surface area contributed by atoms with Gasteiger partial charge in [-0.05, 0) is 44.2 Å². The second-order valence-electron chi connectivity index (χ2n) is 6.21. The summed E-state index contributed by atoms with van der Waals surface area (Å²) in [5.74, 6) is -0.683. The number of anilines is 1. The van der Waals surface area contributed by atoms with Crippen LogP contribution in [0.25, 0.3) is 0 Å². The summed E-state index contributed by atoms with van der Waals surface area (Å²) in [7, 11) is 0. The van der Waals surface area contributed by atoms with Crippen molar-refractivity contribution in [1.29, 1.82) is 0 Å². The predicted molar refractivity (Wildman–Crippen MR) is 117 cm³/mol. The predicted octanol–water partition coefficient (Wildman–Crippen LogP) is 3.61. The fourth-order valence-electron chi connectivity index (χ4n) is 2.61. The van der Waals surface area contributed by atoms with Crippen molar-refractivity contribution in [1.82, 2.24) is 10.2 Å². The summed E-state index contributed by atoms with van der Waals surface area (Å²) >= 11 is 12.1. The van der Waals surface area contributed by atoms with Gasteiger partial charge in [0.25, 0.3) is 11.8 Å². The lowest BCUT2D eigenvalue weighted by Gasteiger charge is -2.19. The molecule has 0 aliphatic rings. The van der Waals surface area contributed by atoms with E-state index in [1.165, 1.54) is 6.07 Å². The molecule has 0 fully saturated rings. The van der Waals surface area contributed by atoms with Gasteiger partial charge in [0, 0.05) is 18.8 Å². The van der Waals surface area contributed by atoms with Crippen LogP contribution in [0.15, 0.2) is 42.5 Å². The molecule has 0 bridgehead atoms. The fourth-order valence-corrected chi connectivity index (χ4v) is 3.07. The van der Waals surface area contributed by atoms with Crippen molar-refractivity contribution in [3.8, 4) is 5.75 Å². The number of hydrogen-bond acceptors (Lipinski definition) is 4. The lowest BCUT2D eigenvalue weighted by Crippen LogP contribution is -2.34. The van der Waals surface area contributed by atoms with Gasteiger partial charge in [0.1, 0.15) is 5.75 Å². The number of likely N-dealkylation sites (N-methyl/N-ethyl adjacent to an activating group) is 1. The van der Waals surface area contributed by atoms with Gasteiger partial charge in [0.15, 0.2) is 6.61 Å². The average molecular weight is 452 g/mol. The number of nitrogens with one attached hydrogen (secondary N) is 2. The van der Waals surface area contributed by atoms with Crippen LogP contribution in [0.2, 0.25) is 10.0 Å². The van der Waals surface area contributed by atoms with Gasteiger partial charge in [-0.1, -0.05) is 35.3 Å². The molecule has 2 aromatic carbocycles. The first-order valence-corrected chi connectivity index (χ1v) is 10.1. The van der Waals surface area contributed by atoms with E-state index in [1.807, 2.05) is 13.8 Å². The molecule has 0 unspecified atom stereocenters.